The van der Waals surface area contributed by atoms with Crippen LogP contribution in [0.15, 0.2) is 29.5 Å². The maximum atomic E-state index is 5.05. The molecule has 3 heteroatoms. The van der Waals surface area contributed by atoms with E-state index in [1.807, 2.05) is 6.08 Å². The highest BCUT2D eigenvalue weighted by atomic mass is 32.1. The average molecular weight is 169 g/mol. The molecule has 1 aromatic heterocycles. The second-order valence-electron chi connectivity index (χ2n) is 2.27. The number of oxazole rings is 1. The van der Waals surface area contributed by atoms with Crippen LogP contribution in [0, 0.1) is 0 Å². The first-order chi connectivity index (χ1) is 5.33. The Morgan fingerprint density at radius 2 is 2.64 bits per heavy atom. The lowest BCUT2D eigenvalue weighted by Gasteiger charge is -2.00. The molecule has 0 saturated heterocycles. The van der Waals surface area contributed by atoms with Crippen LogP contribution in [0.1, 0.15) is 12.3 Å². The van der Waals surface area contributed by atoms with Crippen LogP contribution >= 0.6 is 12.6 Å². The summed E-state index contributed by atoms with van der Waals surface area (Å²) >= 11 is 4.25. The fourth-order valence-electron chi connectivity index (χ4n) is 0.766. The fraction of sp³-hybridized carbons (Fsp3) is 0.375. The molecule has 1 rings (SSSR count). The smallest absolute Gasteiger partial charge is 0.193 e. The van der Waals surface area contributed by atoms with Gasteiger partial charge < -0.3 is 4.42 Å². The number of rotatable bonds is 4. The van der Waals surface area contributed by atoms with Gasteiger partial charge in [-0.2, -0.15) is 12.6 Å². The molecular formula is C8H11NOS. The van der Waals surface area contributed by atoms with E-state index in [9.17, 15) is 0 Å². The fourth-order valence-corrected chi connectivity index (χ4v) is 0.895. The highest BCUT2D eigenvalue weighted by Crippen LogP contribution is 2.07. The van der Waals surface area contributed by atoms with E-state index in [0.29, 0.717) is 0 Å². The van der Waals surface area contributed by atoms with Crippen molar-refractivity contribution in [1.82, 2.24) is 4.98 Å². The van der Waals surface area contributed by atoms with Crippen molar-refractivity contribution in [1.29, 1.82) is 0 Å². The van der Waals surface area contributed by atoms with E-state index in [2.05, 4.69) is 24.2 Å². The van der Waals surface area contributed by atoms with E-state index >= 15 is 0 Å². The van der Waals surface area contributed by atoms with Crippen LogP contribution in [0.25, 0.3) is 0 Å². The van der Waals surface area contributed by atoms with Crippen LogP contribution in [0.5, 0.6) is 0 Å². The summed E-state index contributed by atoms with van der Waals surface area (Å²) in [5.74, 6) is 0.769. The molecule has 1 unspecified atom stereocenters. The Bertz CT molecular complexity index is 208. The summed E-state index contributed by atoms with van der Waals surface area (Å²) in [6.45, 7) is 3.63. The third kappa shape index (κ3) is 2.80. The van der Waals surface area contributed by atoms with Gasteiger partial charge in [-0.25, -0.2) is 4.98 Å². The first-order valence-electron chi connectivity index (χ1n) is 3.52. The molecule has 0 aromatic carbocycles. The van der Waals surface area contributed by atoms with Crippen LogP contribution in [0.2, 0.25) is 0 Å². The van der Waals surface area contributed by atoms with Crippen molar-refractivity contribution in [2.45, 2.75) is 18.1 Å². The monoisotopic (exact) mass is 169 g/mol. The molecule has 0 N–H and O–H groups in total. The van der Waals surface area contributed by atoms with Gasteiger partial charge in [0.05, 0.1) is 6.20 Å². The predicted octanol–water partition coefficient (Wildman–Crippen LogP) is 2.09. The zero-order valence-corrected chi connectivity index (χ0v) is 7.13. The molecule has 2 nitrogen and oxygen atoms in total. The van der Waals surface area contributed by atoms with Crippen molar-refractivity contribution in [3.8, 4) is 0 Å². The summed E-state index contributed by atoms with van der Waals surface area (Å²) in [4.78, 5) is 3.99. The van der Waals surface area contributed by atoms with E-state index in [4.69, 9.17) is 4.42 Å². The SMILES string of the molecule is C=CC(S)CCc1ncco1. The number of hydrogen-bond donors (Lipinski definition) is 1. The van der Waals surface area contributed by atoms with Gasteiger partial charge in [0.1, 0.15) is 6.26 Å². The minimum Gasteiger partial charge on any atom is -0.449 e. The molecule has 0 radical (unpaired) electrons. The third-order valence-electron chi connectivity index (χ3n) is 1.41. The van der Waals surface area contributed by atoms with E-state index < -0.39 is 0 Å². The summed E-state index contributed by atoms with van der Waals surface area (Å²) in [7, 11) is 0. The van der Waals surface area contributed by atoms with Gasteiger partial charge in [-0.05, 0) is 6.42 Å². The highest BCUT2D eigenvalue weighted by molar-refractivity contribution is 7.81. The molecule has 0 spiro atoms. The van der Waals surface area contributed by atoms with E-state index in [1.54, 1.807) is 12.5 Å². The normalized spacial score (nSPS) is 12.8. The van der Waals surface area contributed by atoms with Gasteiger partial charge in [0.2, 0.25) is 0 Å². The lowest BCUT2D eigenvalue weighted by atomic mass is 10.2. The van der Waals surface area contributed by atoms with E-state index in [1.165, 1.54) is 0 Å². The Balaban J connectivity index is 2.28. The minimum absolute atomic E-state index is 0.238. The van der Waals surface area contributed by atoms with Gasteiger partial charge in [-0.3, -0.25) is 0 Å². The Morgan fingerprint density at radius 3 is 3.18 bits per heavy atom. The standard InChI is InChI=1S/C8H11NOS/c1-2-7(11)3-4-8-9-5-6-10-8/h2,5-7,11H,1,3-4H2. The molecule has 0 aliphatic rings. The van der Waals surface area contributed by atoms with Crippen LogP contribution in [0.4, 0.5) is 0 Å². The zero-order chi connectivity index (χ0) is 8.10. The lowest BCUT2D eigenvalue weighted by molar-refractivity contribution is 0.489. The maximum absolute atomic E-state index is 5.05. The Labute approximate surface area is 71.7 Å². The summed E-state index contributed by atoms with van der Waals surface area (Å²) in [6.07, 6.45) is 6.79. The van der Waals surface area contributed by atoms with Gasteiger partial charge in [-0.1, -0.05) is 6.08 Å². The average Bonchev–Trinajstić information content (AvgIpc) is 2.52. The van der Waals surface area contributed by atoms with Crippen molar-refractivity contribution in [2.75, 3.05) is 0 Å². The van der Waals surface area contributed by atoms with Crippen molar-refractivity contribution in [2.24, 2.45) is 0 Å². The summed E-state index contributed by atoms with van der Waals surface area (Å²) in [6, 6.07) is 0. The zero-order valence-electron chi connectivity index (χ0n) is 6.23. The lowest BCUT2D eigenvalue weighted by Crippen LogP contribution is -1.96. The number of hydrogen-bond acceptors (Lipinski definition) is 3. The largest absolute Gasteiger partial charge is 0.449 e. The van der Waals surface area contributed by atoms with Crippen molar-refractivity contribution >= 4 is 12.6 Å². The summed E-state index contributed by atoms with van der Waals surface area (Å²) in [5.41, 5.74) is 0. The van der Waals surface area contributed by atoms with Crippen LogP contribution < -0.4 is 0 Å². The quantitative estimate of drug-likeness (QED) is 0.551. The predicted molar refractivity (Wildman–Crippen MR) is 47.8 cm³/mol. The van der Waals surface area contributed by atoms with E-state index in [-0.39, 0.29) is 5.25 Å². The molecule has 0 amide bonds. The van der Waals surface area contributed by atoms with Crippen molar-refractivity contribution in [3.05, 3.63) is 31.0 Å². The second kappa shape index (κ2) is 4.23. The van der Waals surface area contributed by atoms with Crippen molar-refractivity contribution < 1.29 is 4.42 Å². The Morgan fingerprint density at radius 1 is 1.82 bits per heavy atom. The Hall–Kier alpha value is -0.700. The topological polar surface area (TPSA) is 26.0 Å². The Kier molecular flexibility index (Phi) is 3.23. The number of aryl methyl sites for hydroxylation is 1. The molecule has 60 valence electrons. The van der Waals surface area contributed by atoms with Crippen LogP contribution in [-0.2, 0) is 6.42 Å². The molecule has 0 fully saturated rings. The number of aromatic nitrogens is 1. The van der Waals surface area contributed by atoms with Gasteiger partial charge in [0, 0.05) is 11.7 Å². The van der Waals surface area contributed by atoms with Gasteiger partial charge in [-0.15, -0.1) is 6.58 Å². The second-order valence-corrected chi connectivity index (χ2v) is 2.93. The van der Waals surface area contributed by atoms with Crippen LogP contribution in [-0.4, -0.2) is 10.2 Å². The van der Waals surface area contributed by atoms with E-state index in [0.717, 1.165) is 18.7 Å². The minimum atomic E-state index is 0.238. The molecule has 0 aliphatic carbocycles. The maximum Gasteiger partial charge on any atom is 0.193 e. The summed E-state index contributed by atoms with van der Waals surface area (Å²) < 4.78 is 5.05. The van der Waals surface area contributed by atoms with Crippen molar-refractivity contribution in [3.63, 3.8) is 0 Å². The molecule has 0 bridgehead atoms. The highest BCUT2D eigenvalue weighted by Gasteiger charge is 2.00. The first-order valence-corrected chi connectivity index (χ1v) is 4.03. The molecule has 1 aromatic rings. The molecule has 1 heterocycles. The molecular weight excluding hydrogens is 158 g/mol. The molecule has 0 saturated carbocycles. The molecule has 0 aliphatic heterocycles. The number of nitrogens with zero attached hydrogens (tertiary/aromatic N) is 1. The van der Waals surface area contributed by atoms with Gasteiger partial charge >= 0.3 is 0 Å². The van der Waals surface area contributed by atoms with Crippen LogP contribution in [0.3, 0.4) is 0 Å². The third-order valence-corrected chi connectivity index (χ3v) is 1.88. The summed E-state index contributed by atoms with van der Waals surface area (Å²) in [5, 5.41) is 0.238. The van der Waals surface area contributed by atoms with Gasteiger partial charge in [0.25, 0.3) is 0 Å². The molecule has 1 atom stereocenters. The number of thiol groups is 1. The first kappa shape index (κ1) is 8.40. The molecule has 11 heavy (non-hydrogen) atoms. The van der Waals surface area contributed by atoms with Gasteiger partial charge in [0.15, 0.2) is 5.89 Å².